The van der Waals surface area contributed by atoms with Crippen molar-refractivity contribution in [2.45, 2.75) is 4.90 Å². The summed E-state index contributed by atoms with van der Waals surface area (Å²) in [5.74, 6) is 0.582. The van der Waals surface area contributed by atoms with Gasteiger partial charge in [-0.15, -0.1) is 11.8 Å². The molecule has 7 heteroatoms. The average molecular weight is 427 g/mol. The maximum Gasteiger partial charge on any atom is 0.255 e. The molecule has 0 bridgehead atoms. The van der Waals surface area contributed by atoms with Gasteiger partial charge < -0.3 is 15.4 Å². The Morgan fingerprint density at radius 2 is 1.59 bits per heavy atom. The minimum atomic E-state index is -0.216. The van der Waals surface area contributed by atoms with E-state index in [-0.39, 0.29) is 17.6 Å². The minimum Gasteiger partial charge on any atom is -0.497 e. The van der Waals surface area contributed by atoms with Gasteiger partial charge in [0.2, 0.25) is 5.91 Å². The molecule has 0 saturated carbocycles. The zero-order chi connectivity index (χ0) is 20.6. The largest absolute Gasteiger partial charge is 0.497 e. The summed E-state index contributed by atoms with van der Waals surface area (Å²) >= 11 is 7.25. The van der Waals surface area contributed by atoms with Gasteiger partial charge in [0.15, 0.2) is 0 Å². The molecule has 0 unspecified atom stereocenters. The molecule has 0 fully saturated rings. The third-order valence-electron chi connectivity index (χ3n) is 3.94. The van der Waals surface area contributed by atoms with Crippen molar-refractivity contribution in [1.82, 2.24) is 0 Å². The summed E-state index contributed by atoms with van der Waals surface area (Å²) in [5, 5.41) is 6.28. The highest BCUT2D eigenvalue weighted by atomic mass is 35.5. The van der Waals surface area contributed by atoms with E-state index in [1.807, 2.05) is 12.1 Å². The van der Waals surface area contributed by atoms with E-state index in [1.165, 1.54) is 11.8 Å². The van der Waals surface area contributed by atoms with E-state index in [4.69, 9.17) is 16.3 Å². The molecule has 0 aliphatic carbocycles. The molecule has 3 aromatic carbocycles. The fraction of sp³-hybridized carbons (Fsp3) is 0.0909. The Morgan fingerprint density at radius 1 is 0.931 bits per heavy atom. The highest BCUT2D eigenvalue weighted by Gasteiger charge is 2.08. The Balaban J connectivity index is 1.51. The minimum absolute atomic E-state index is 0.104. The normalized spacial score (nSPS) is 10.3. The first-order valence-corrected chi connectivity index (χ1v) is 10.1. The van der Waals surface area contributed by atoms with Crippen LogP contribution < -0.4 is 15.4 Å². The molecule has 0 aromatic heterocycles. The van der Waals surface area contributed by atoms with Crippen molar-refractivity contribution in [2.75, 3.05) is 23.5 Å². The Labute approximate surface area is 178 Å². The van der Waals surface area contributed by atoms with Crippen LogP contribution in [-0.2, 0) is 4.79 Å². The summed E-state index contributed by atoms with van der Waals surface area (Å²) in [4.78, 5) is 25.3. The molecule has 29 heavy (non-hydrogen) atoms. The molecule has 0 spiro atoms. The van der Waals surface area contributed by atoms with Gasteiger partial charge in [0.1, 0.15) is 5.75 Å². The van der Waals surface area contributed by atoms with E-state index < -0.39 is 0 Å². The summed E-state index contributed by atoms with van der Waals surface area (Å²) in [6.45, 7) is 0. The van der Waals surface area contributed by atoms with Crippen molar-refractivity contribution in [3.05, 3.63) is 83.4 Å². The van der Waals surface area contributed by atoms with E-state index in [9.17, 15) is 9.59 Å². The first kappa shape index (κ1) is 20.8. The monoisotopic (exact) mass is 426 g/mol. The standard InChI is InChI=1S/C22H19ClN2O3S/c1-28-19-4-2-3-15(13-19)22(27)25-18-9-11-20(12-10-18)29-14-21(26)24-17-7-5-16(23)6-8-17/h2-13H,14H2,1H3,(H,24,26)(H,25,27). The first-order valence-electron chi connectivity index (χ1n) is 8.77. The Kier molecular flexibility index (Phi) is 7.16. The number of benzene rings is 3. The molecule has 148 valence electrons. The van der Waals surface area contributed by atoms with Crippen molar-refractivity contribution < 1.29 is 14.3 Å². The van der Waals surface area contributed by atoms with Gasteiger partial charge in [-0.25, -0.2) is 0 Å². The van der Waals surface area contributed by atoms with Crippen LogP contribution in [0.2, 0.25) is 5.02 Å². The van der Waals surface area contributed by atoms with Gasteiger partial charge in [0.05, 0.1) is 12.9 Å². The van der Waals surface area contributed by atoms with E-state index >= 15 is 0 Å². The van der Waals surface area contributed by atoms with Crippen LogP contribution in [0.1, 0.15) is 10.4 Å². The molecule has 0 radical (unpaired) electrons. The topological polar surface area (TPSA) is 67.4 Å². The Bertz CT molecular complexity index is 992. The Hall–Kier alpha value is -2.96. The Morgan fingerprint density at radius 3 is 2.28 bits per heavy atom. The van der Waals surface area contributed by atoms with Gasteiger partial charge in [0.25, 0.3) is 5.91 Å². The van der Waals surface area contributed by atoms with Gasteiger partial charge >= 0.3 is 0 Å². The third-order valence-corrected chi connectivity index (χ3v) is 5.21. The number of methoxy groups -OCH3 is 1. The molecule has 2 N–H and O–H groups in total. The number of hydrogen-bond donors (Lipinski definition) is 2. The number of ether oxygens (including phenoxy) is 1. The van der Waals surface area contributed by atoms with Gasteiger partial charge in [-0.2, -0.15) is 0 Å². The lowest BCUT2D eigenvalue weighted by molar-refractivity contribution is -0.113. The van der Waals surface area contributed by atoms with Crippen LogP contribution in [0.5, 0.6) is 5.75 Å². The zero-order valence-corrected chi connectivity index (χ0v) is 17.2. The quantitative estimate of drug-likeness (QED) is 0.501. The van der Waals surface area contributed by atoms with Crippen LogP contribution in [0.3, 0.4) is 0 Å². The molecule has 0 aliphatic heterocycles. The second-order valence-electron chi connectivity index (χ2n) is 6.05. The number of thioether (sulfide) groups is 1. The van der Waals surface area contributed by atoms with E-state index in [0.29, 0.717) is 27.7 Å². The van der Waals surface area contributed by atoms with Gasteiger partial charge in [-0.05, 0) is 66.7 Å². The van der Waals surface area contributed by atoms with Gasteiger partial charge in [-0.1, -0.05) is 17.7 Å². The van der Waals surface area contributed by atoms with E-state index in [1.54, 1.807) is 67.8 Å². The molecule has 0 heterocycles. The van der Waals surface area contributed by atoms with E-state index in [2.05, 4.69) is 10.6 Å². The van der Waals surface area contributed by atoms with Crippen molar-refractivity contribution in [1.29, 1.82) is 0 Å². The SMILES string of the molecule is COc1cccc(C(=O)Nc2ccc(SCC(=O)Nc3ccc(Cl)cc3)cc2)c1. The first-order chi connectivity index (χ1) is 14.0. The lowest BCUT2D eigenvalue weighted by Crippen LogP contribution is -2.13. The number of anilines is 2. The number of rotatable bonds is 7. The van der Waals surface area contributed by atoms with Crippen molar-refractivity contribution in [3.63, 3.8) is 0 Å². The van der Waals surface area contributed by atoms with Crippen LogP contribution in [0.4, 0.5) is 11.4 Å². The summed E-state index contributed by atoms with van der Waals surface area (Å²) < 4.78 is 5.14. The van der Waals surface area contributed by atoms with Crippen LogP contribution in [0.25, 0.3) is 0 Å². The fourth-order valence-corrected chi connectivity index (χ4v) is 3.31. The zero-order valence-electron chi connectivity index (χ0n) is 15.6. The van der Waals surface area contributed by atoms with Crippen LogP contribution >= 0.6 is 23.4 Å². The smallest absolute Gasteiger partial charge is 0.255 e. The second-order valence-corrected chi connectivity index (χ2v) is 7.54. The molecule has 3 aromatic rings. The average Bonchev–Trinajstić information content (AvgIpc) is 2.75. The number of carbonyl (C=O) groups is 2. The number of carbonyl (C=O) groups excluding carboxylic acids is 2. The predicted octanol–water partition coefficient (Wildman–Crippen LogP) is 5.33. The van der Waals surface area contributed by atoms with Gasteiger partial charge in [0, 0.05) is 26.9 Å². The summed E-state index contributed by atoms with van der Waals surface area (Å²) in [5.41, 5.74) is 1.89. The predicted molar refractivity (Wildman–Crippen MR) is 118 cm³/mol. The summed E-state index contributed by atoms with van der Waals surface area (Å²) in [7, 11) is 1.56. The van der Waals surface area contributed by atoms with Crippen LogP contribution in [-0.4, -0.2) is 24.7 Å². The molecule has 0 atom stereocenters. The number of hydrogen-bond acceptors (Lipinski definition) is 4. The molecular weight excluding hydrogens is 408 g/mol. The van der Waals surface area contributed by atoms with Crippen LogP contribution in [0.15, 0.2) is 77.7 Å². The van der Waals surface area contributed by atoms with E-state index in [0.717, 1.165) is 4.90 Å². The van der Waals surface area contributed by atoms with Crippen molar-refractivity contribution in [3.8, 4) is 5.75 Å². The molecule has 0 saturated heterocycles. The summed E-state index contributed by atoms with van der Waals surface area (Å²) in [6.07, 6.45) is 0. The van der Waals surface area contributed by atoms with Crippen LogP contribution in [0, 0.1) is 0 Å². The lowest BCUT2D eigenvalue weighted by atomic mass is 10.2. The summed E-state index contributed by atoms with van der Waals surface area (Å²) in [6, 6.07) is 21.2. The highest BCUT2D eigenvalue weighted by Crippen LogP contribution is 2.22. The number of nitrogens with one attached hydrogen (secondary N) is 2. The number of amides is 2. The molecular formula is C22H19ClN2O3S. The van der Waals surface area contributed by atoms with Crippen molar-refractivity contribution in [2.24, 2.45) is 0 Å². The fourth-order valence-electron chi connectivity index (χ4n) is 2.48. The maximum absolute atomic E-state index is 12.3. The lowest BCUT2D eigenvalue weighted by Gasteiger charge is -2.08. The van der Waals surface area contributed by atoms with Crippen molar-refractivity contribution >= 4 is 46.6 Å². The third kappa shape index (κ3) is 6.27. The molecule has 2 amide bonds. The molecule has 0 aliphatic rings. The highest BCUT2D eigenvalue weighted by molar-refractivity contribution is 8.00. The second kappa shape index (κ2) is 10.0. The molecule has 3 rings (SSSR count). The molecule has 5 nitrogen and oxygen atoms in total. The van der Waals surface area contributed by atoms with Gasteiger partial charge in [-0.3, -0.25) is 9.59 Å². The maximum atomic E-state index is 12.3. The number of halogens is 1.